The van der Waals surface area contributed by atoms with Gasteiger partial charge < -0.3 is 4.74 Å². The van der Waals surface area contributed by atoms with Crippen molar-refractivity contribution in [2.75, 3.05) is 6.61 Å². The lowest BCUT2D eigenvalue weighted by Gasteiger charge is -2.04. The van der Waals surface area contributed by atoms with Crippen LogP contribution in [-0.2, 0) is 4.74 Å². The van der Waals surface area contributed by atoms with Gasteiger partial charge >= 0.3 is 5.97 Å². The number of carbonyl (C=O) groups excluding carboxylic acids is 1. The van der Waals surface area contributed by atoms with Gasteiger partial charge in [-0.1, -0.05) is 0 Å². The molecule has 0 N–H and O–H groups in total. The molecule has 2 rings (SSSR count). The Hall–Kier alpha value is -1.11. The molecule has 2 aromatic rings. The zero-order chi connectivity index (χ0) is 12.6. The number of ether oxygens (including phenoxy) is 1. The maximum absolute atomic E-state index is 11.9. The minimum atomic E-state index is -0.320. The molecule has 5 heteroatoms. The molecule has 0 bridgehead atoms. The van der Waals surface area contributed by atoms with Gasteiger partial charge in [-0.3, -0.25) is 4.40 Å². The van der Waals surface area contributed by atoms with Crippen LogP contribution in [0.3, 0.4) is 0 Å². The Labute approximate surface area is 113 Å². The molecule has 17 heavy (non-hydrogen) atoms. The van der Waals surface area contributed by atoms with E-state index in [1.165, 1.54) is 0 Å². The van der Waals surface area contributed by atoms with Gasteiger partial charge in [0.1, 0.15) is 0 Å². The van der Waals surface area contributed by atoms with Gasteiger partial charge in [-0.2, -0.15) is 0 Å². The Bertz CT molecular complexity index is 590. The summed E-state index contributed by atoms with van der Waals surface area (Å²) in [4.78, 5) is 16.3. The van der Waals surface area contributed by atoms with Crippen molar-refractivity contribution < 1.29 is 9.53 Å². The van der Waals surface area contributed by atoms with Crippen LogP contribution in [-0.4, -0.2) is 22.0 Å². The van der Waals surface area contributed by atoms with Crippen LogP contribution in [0, 0.1) is 17.4 Å². The molecule has 0 saturated heterocycles. The zero-order valence-electron chi connectivity index (χ0n) is 9.95. The van der Waals surface area contributed by atoms with Crippen molar-refractivity contribution >= 4 is 34.2 Å². The summed E-state index contributed by atoms with van der Waals surface area (Å²) in [6.45, 7) is 5.98. The quantitative estimate of drug-likeness (QED) is 0.622. The summed E-state index contributed by atoms with van der Waals surface area (Å²) in [5.41, 5.74) is 3.11. The van der Waals surface area contributed by atoms with E-state index in [1.54, 1.807) is 6.92 Å². The lowest BCUT2D eigenvalue weighted by Crippen LogP contribution is -2.09. The second-order valence-electron chi connectivity index (χ2n) is 3.83. The van der Waals surface area contributed by atoms with E-state index in [0.717, 1.165) is 14.8 Å². The Morgan fingerprint density at radius 3 is 2.88 bits per heavy atom. The van der Waals surface area contributed by atoms with Crippen LogP contribution in [0.4, 0.5) is 0 Å². The SMILES string of the molecule is CCOC(=O)c1c(C)nc2c(I)cc(C)cn12. The van der Waals surface area contributed by atoms with Crippen LogP contribution in [0.1, 0.15) is 28.7 Å². The first-order chi connectivity index (χ1) is 8.04. The molecular weight excluding hydrogens is 331 g/mol. The van der Waals surface area contributed by atoms with Gasteiger partial charge in [0.15, 0.2) is 11.3 Å². The summed E-state index contributed by atoms with van der Waals surface area (Å²) in [6.07, 6.45) is 1.91. The largest absolute Gasteiger partial charge is 0.461 e. The van der Waals surface area contributed by atoms with Gasteiger partial charge in [0, 0.05) is 6.20 Å². The molecule has 0 atom stereocenters. The first kappa shape index (κ1) is 12.3. The van der Waals surface area contributed by atoms with Crippen LogP contribution < -0.4 is 0 Å². The number of imidazole rings is 1. The highest BCUT2D eigenvalue weighted by Crippen LogP contribution is 2.19. The first-order valence-corrected chi connectivity index (χ1v) is 6.44. The number of pyridine rings is 1. The van der Waals surface area contributed by atoms with Gasteiger partial charge in [-0.15, -0.1) is 0 Å². The highest BCUT2D eigenvalue weighted by atomic mass is 127. The fraction of sp³-hybridized carbons (Fsp3) is 0.333. The van der Waals surface area contributed by atoms with Crippen molar-refractivity contribution in [1.82, 2.24) is 9.38 Å². The molecule has 4 nitrogen and oxygen atoms in total. The van der Waals surface area contributed by atoms with Crippen LogP contribution in [0.15, 0.2) is 12.3 Å². The molecule has 0 spiro atoms. The lowest BCUT2D eigenvalue weighted by atomic mass is 10.3. The number of aromatic nitrogens is 2. The summed E-state index contributed by atoms with van der Waals surface area (Å²) in [5.74, 6) is -0.320. The van der Waals surface area contributed by atoms with Gasteiger partial charge in [0.05, 0.1) is 15.9 Å². The van der Waals surface area contributed by atoms with Crippen LogP contribution in [0.2, 0.25) is 0 Å². The van der Waals surface area contributed by atoms with E-state index in [2.05, 4.69) is 27.6 Å². The minimum absolute atomic E-state index is 0.320. The number of fused-ring (bicyclic) bond motifs is 1. The van der Waals surface area contributed by atoms with Crippen molar-refractivity contribution in [3.8, 4) is 0 Å². The second-order valence-corrected chi connectivity index (χ2v) is 4.99. The van der Waals surface area contributed by atoms with Crippen molar-refractivity contribution in [3.63, 3.8) is 0 Å². The fourth-order valence-electron chi connectivity index (χ4n) is 1.79. The normalized spacial score (nSPS) is 10.8. The molecule has 0 unspecified atom stereocenters. The standard InChI is InChI=1S/C12H13IN2O2/c1-4-17-12(16)10-8(3)14-11-9(13)5-7(2)6-15(10)11/h5-6H,4H2,1-3H3. The summed E-state index contributed by atoms with van der Waals surface area (Å²) >= 11 is 2.22. The number of esters is 1. The minimum Gasteiger partial charge on any atom is -0.461 e. The fourth-order valence-corrected chi connectivity index (χ4v) is 2.66. The molecule has 0 aliphatic rings. The molecule has 0 radical (unpaired) electrons. The zero-order valence-corrected chi connectivity index (χ0v) is 12.1. The average Bonchev–Trinajstić information content (AvgIpc) is 2.55. The van der Waals surface area contributed by atoms with E-state index in [4.69, 9.17) is 4.74 Å². The van der Waals surface area contributed by atoms with E-state index in [-0.39, 0.29) is 5.97 Å². The third kappa shape index (κ3) is 2.15. The second kappa shape index (κ2) is 4.64. The van der Waals surface area contributed by atoms with Crippen molar-refractivity contribution in [2.45, 2.75) is 20.8 Å². The third-order valence-electron chi connectivity index (χ3n) is 2.45. The molecule has 0 saturated carbocycles. The summed E-state index contributed by atoms with van der Waals surface area (Å²) in [6, 6.07) is 2.04. The summed E-state index contributed by atoms with van der Waals surface area (Å²) < 4.78 is 7.89. The number of nitrogens with zero attached hydrogens (tertiary/aromatic N) is 2. The monoisotopic (exact) mass is 344 g/mol. The molecule has 2 aromatic heterocycles. The van der Waals surface area contributed by atoms with E-state index < -0.39 is 0 Å². The molecular formula is C12H13IN2O2. The maximum atomic E-state index is 11.9. The Balaban J connectivity index is 2.70. The van der Waals surface area contributed by atoms with Gasteiger partial charge in [-0.25, -0.2) is 9.78 Å². The predicted molar refractivity (Wildman–Crippen MR) is 73.3 cm³/mol. The number of halogens is 1. The Morgan fingerprint density at radius 1 is 1.53 bits per heavy atom. The van der Waals surface area contributed by atoms with Gasteiger partial charge in [0.2, 0.25) is 0 Å². The maximum Gasteiger partial charge on any atom is 0.357 e. The van der Waals surface area contributed by atoms with E-state index in [0.29, 0.717) is 18.0 Å². The van der Waals surface area contributed by atoms with E-state index in [1.807, 2.05) is 30.5 Å². The highest BCUT2D eigenvalue weighted by Gasteiger charge is 2.18. The molecule has 0 aromatic carbocycles. The van der Waals surface area contributed by atoms with Gasteiger partial charge in [0.25, 0.3) is 0 Å². The number of rotatable bonds is 2. The lowest BCUT2D eigenvalue weighted by molar-refractivity contribution is 0.0517. The molecule has 0 aliphatic heterocycles. The van der Waals surface area contributed by atoms with E-state index in [9.17, 15) is 4.79 Å². The van der Waals surface area contributed by atoms with Crippen LogP contribution in [0.25, 0.3) is 5.65 Å². The third-order valence-corrected chi connectivity index (χ3v) is 3.25. The number of hydrogen-bond donors (Lipinski definition) is 0. The summed E-state index contributed by atoms with van der Waals surface area (Å²) in [7, 11) is 0. The number of hydrogen-bond acceptors (Lipinski definition) is 3. The van der Waals surface area contributed by atoms with Crippen molar-refractivity contribution in [1.29, 1.82) is 0 Å². The Morgan fingerprint density at radius 2 is 2.24 bits per heavy atom. The van der Waals surface area contributed by atoms with Gasteiger partial charge in [-0.05, 0) is 55.0 Å². The molecule has 90 valence electrons. The molecule has 0 fully saturated rings. The molecule has 2 heterocycles. The van der Waals surface area contributed by atoms with E-state index >= 15 is 0 Å². The van der Waals surface area contributed by atoms with Crippen molar-refractivity contribution in [3.05, 3.63) is 32.8 Å². The number of carbonyl (C=O) groups is 1. The van der Waals surface area contributed by atoms with Crippen LogP contribution >= 0.6 is 22.6 Å². The molecule has 0 aliphatic carbocycles. The molecule has 0 amide bonds. The topological polar surface area (TPSA) is 43.6 Å². The highest BCUT2D eigenvalue weighted by molar-refractivity contribution is 14.1. The average molecular weight is 344 g/mol. The van der Waals surface area contributed by atoms with Crippen LogP contribution in [0.5, 0.6) is 0 Å². The predicted octanol–water partition coefficient (Wildman–Crippen LogP) is 2.73. The smallest absolute Gasteiger partial charge is 0.357 e. The summed E-state index contributed by atoms with van der Waals surface area (Å²) in [5, 5.41) is 0. The number of aryl methyl sites for hydroxylation is 2. The van der Waals surface area contributed by atoms with Crippen molar-refractivity contribution in [2.24, 2.45) is 0 Å². The first-order valence-electron chi connectivity index (χ1n) is 5.36. The Kier molecular flexibility index (Phi) is 3.37.